The number of aromatic nitrogens is 1. The Morgan fingerprint density at radius 1 is 1.17 bits per heavy atom. The van der Waals surface area contributed by atoms with Crippen molar-refractivity contribution in [2.45, 2.75) is 6.54 Å². The van der Waals surface area contributed by atoms with Crippen molar-refractivity contribution in [2.24, 2.45) is 0 Å². The molecule has 24 heavy (non-hydrogen) atoms. The van der Waals surface area contributed by atoms with Crippen molar-refractivity contribution in [3.63, 3.8) is 0 Å². The Labute approximate surface area is 148 Å². The van der Waals surface area contributed by atoms with Gasteiger partial charge in [0.1, 0.15) is 0 Å². The molecule has 0 atom stereocenters. The minimum Gasteiger partial charge on any atom is -0.375 e. The van der Waals surface area contributed by atoms with Crippen LogP contribution in [0.15, 0.2) is 36.5 Å². The number of nitrogen functional groups attached to an aromatic ring is 1. The van der Waals surface area contributed by atoms with Crippen LogP contribution in [0.4, 0.5) is 5.13 Å². The molecule has 1 fully saturated rings. The average molecular weight is 358 g/mol. The maximum absolute atomic E-state index is 12.7. The number of piperazine rings is 1. The minimum absolute atomic E-state index is 0.151. The zero-order chi connectivity index (χ0) is 16.5. The number of thiophene rings is 1. The number of anilines is 1. The van der Waals surface area contributed by atoms with Crippen LogP contribution in [0.2, 0.25) is 0 Å². The van der Waals surface area contributed by atoms with Crippen molar-refractivity contribution < 1.29 is 4.79 Å². The molecule has 0 radical (unpaired) electrons. The first-order chi connectivity index (χ1) is 11.7. The van der Waals surface area contributed by atoms with E-state index in [0.717, 1.165) is 43.0 Å². The van der Waals surface area contributed by atoms with E-state index in [9.17, 15) is 4.79 Å². The van der Waals surface area contributed by atoms with E-state index < -0.39 is 0 Å². The molecule has 5 nitrogen and oxygen atoms in total. The maximum atomic E-state index is 12.7. The Kier molecular flexibility index (Phi) is 4.22. The SMILES string of the molecule is Nc1ncc(CN2CCN(C(=O)c3cc4ccccc4s3)CC2)s1. The number of benzene rings is 1. The Morgan fingerprint density at radius 2 is 1.96 bits per heavy atom. The summed E-state index contributed by atoms with van der Waals surface area (Å²) in [4.78, 5) is 23.1. The number of carbonyl (C=O) groups excluding carboxylic acids is 1. The third kappa shape index (κ3) is 3.15. The number of thiazole rings is 1. The summed E-state index contributed by atoms with van der Waals surface area (Å²) in [5.41, 5.74) is 5.68. The molecule has 0 spiro atoms. The van der Waals surface area contributed by atoms with Crippen LogP contribution in [-0.4, -0.2) is 46.9 Å². The molecule has 1 amide bonds. The van der Waals surface area contributed by atoms with Gasteiger partial charge in [-0.2, -0.15) is 0 Å². The predicted octanol–water partition coefficient (Wildman–Crippen LogP) is 2.90. The van der Waals surface area contributed by atoms with Crippen molar-refractivity contribution in [3.8, 4) is 0 Å². The smallest absolute Gasteiger partial charge is 0.264 e. The molecular formula is C17H18N4OS2. The standard InChI is InChI=1S/C17H18N4OS2/c18-17-19-10-13(23-17)11-20-5-7-21(8-6-20)16(22)15-9-12-3-1-2-4-14(12)24-15/h1-4,9-10H,5-8,11H2,(H2,18,19). The molecule has 2 aromatic heterocycles. The van der Waals surface area contributed by atoms with Gasteiger partial charge in [0, 0.05) is 48.5 Å². The van der Waals surface area contributed by atoms with Crippen molar-refractivity contribution in [1.82, 2.24) is 14.8 Å². The molecule has 0 saturated carbocycles. The minimum atomic E-state index is 0.151. The van der Waals surface area contributed by atoms with Crippen LogP contribution in [0.5, 0.6) is 0 Å². The van der Waals surface area contributed by atoms with Gasteiger partial charge in [0.2, 0.25) is 0 Å². The van der Waals surface area contributed by atoms with Gasteiger partial charge in [-0.25, -0.2) is 4.98 Å². The van der Waals surface area contributed by atoms with Gasteiger partial charge in [0.25, 0.3) is 5.91 Å². The number of carbonyl (C=O) groups is 1. The Hall–Kier alpha value is -1.96. The zero-order valence-electron chi connectivity index (χ0n) is 13.1. The van der Waals surface area contributed by atoms with Gasteiger partial charge < -0.3 is 10.6 Å². The molecule has 3 heterocycles. The number of rotatable bonds is 3. The fourth-order valence-corrected chi connectivity index (χ4v) is 4.73. The Bertz CT molecular complexity index is 831. The predicted molar refractivity (Wildman–Crippen MR) is 99.5 cm³/mol. The Balaban J connectivity index is 1.39. The highest BCUT2D eigenvalue weighted by Gasteiger charge is 2.23. The van der Waals surface area contributed by atoms with Crippen LogP contribution in [0.25, 0.3) is 10.1 Å². The van der Waals surface area contributed by atoms with Crippen LogP contribution in [0.3, 0.4) is 0 Å². The number of fused-ring (bicyclic) bond motifs is 1. The lowest BCUT2D eigenvalue weighted by molar-refractivity contribution is 0.0634. The molecule has 3 aromatic rings. The zero-order valence-corrected chi connectivity index (χ0v) is 14.8. The van der Waals surface area contributed by atoms with Gasteiger partial charge in [0.05, 0.1) is 4.88 Å². The normalized spacial score (nSPS) is 15.9. The first kappa shape index (κ1) is 15.6. The number of nitrogens with two attached hydrogens (primary N) is 1. The Morgan fingerprint density at radius 3 is 2.67 bits per heavy atom. The third-order valence-electron chi connectivity index (χ3n) is 4.25. The van der Waals surface area contributed by atoms with E-state index in [-0.39, 0.29) is 5.91 Å². The van der Waals surface area contributed by atoms with Crippen LogP contribution < -0.4 is 5.73 Å². The van der Waals surface area contributed by atoms with Gasteiger partial charge in [-0.1, -0.05) is 18.2 Å². The summed E-state index contributed by atoms with van der Waals surface area (Å²) in [7, 11) is 0. The second-order valence-electron chi connectivity index (χ2n) is 5.88. The molecule has 7 heteroatoms. The molecule has 0 unspecified atom stereocenters. The highest BCUT2D eigenvalue weighted by atomic mass is 32.1. The van der Waals surface area contributed by atoms with Crippen molar-refractivity contribution in [1.29, 1.82) is 0 Å². The van der Waals surface area contributed by atoms with Gasteiger partial charge in [-0.05, 0) is 17.5 Å². The van der Waals surface area contributed by atoms with E-state index in [1.165, 1.54) is 20.9 Å². The molecule has 1 aliphatic heterocycles. The molecule has 1 aromatic carbocycles. The lowest BCUT2D eigenvalue weighted by Crippen LogP contribution is -2.48. The molecule has 0 bridgehead atoms. The summed E-state index contributed by atoms with van der Waals surface area (Å²) in [6.07, 6.45) is 1.84. The third-order valence-corrected chi connectivity index (χ3v) is 6.16. The van der Waals surface area contributed by atoms with Crippen molar-refractivity contribution in [3.05, 3.63) is 46.3 Å². The number of nitrogens with zero attached hydrogens (tertiary/aromatic N) is 3. The summed E-state index contributed by atoms with van der Waals surface area (Å²) < 4.78 is 1.17. The molecule has 124 valence electrons. The van der Waals surface area contributed by atoms with Crippen LogP contribution in [0, 0.1) is 0 Å². The van der Waals surface area contributed by atoms with E-state index in [1.807, 2.05) is 29.3 Å². The summed E-state index contributed by atoms with van der Waals surface area (Å²) in [5, 5.41) is 1.76. The van der Waals surface area contributed by atoms with Crippen molar-refractivity contribution >= 4 is 43.8 Å². The largest absolute Gasteiger partial charge is 0.375 e. The number of hydrogen-bond acceptors (Lipinski definition) is 6. The first-order valence-corrected chi connectivity index (χ1v) is 9.53. The van der Waals surface area contributed by atoms with E-state index >= 15 is 0 Å². The van der Waals surface area contributed by atoms with Gasteiger partial charge in [0.15, 0.2) is 5.13 Å². The summed E-state index contributed by atoms with van der Waals surface area (Å²) in [6, 6.07) is 10.2. The molecule has 1 aliphatic rings. The van der Waals surface area contributed by atoms with E-state index in [0.29, 0.717) is 5.13 Å². The summed E-state index contributed by atoms with van der Waals surface area (Å²) >= 11 is 3.11. The molecule has 1 saturated heterocycles. The maximum Gasteiger partial charge on any atom is 0.264 e. The average Bonchev–Trinajstić information content (AvgIpc) is 3.21. The van der Waals surface area contributed by atoms with Gasteiger partial charge in [-0.3, -0.25) is 9.69 Å². The van der Waals surface area contributed by atoms with E-state index in [1.54, 1.807) is 11.3 Å². The topological polar surface area (TPSA) is 62.5 Å². The fourth-order valence-electron chi connectivity index (χ4n) is 2.97. The quantitative estimate of drug-likeness (QED) is 0.782. The molecule has 4 rings (SSSR count). The van der Waals surface area contributed by atoms with E-state index in [4.69, 9.17) is 5.73 Å². The molecule has 2 N–H and O–H groups in total. The van der Waals surface area contributed by atoms with Crippen LogP contribution in [0.1, 0.15) is 14.5 Å². The molecule has 0 aliphatic carbocycles. The second-order valence-corrected chi connectivity index (χ2v) is 8.11. The summed E-state index contributed by atoms with van der Waals surface area (Å²) in [5.74, 6) is 0.151. The number of hydrogen-bond donors (Lipinski definition) is 1. The first-order valence-electron chi connectivity index (χ1n) is 7.89. The lowest BCUT2D eigenvalue weighted by Gasteiger charge is -2.34. The monoisotopic (exact) mass is 358 g/mol. The van der Waals surface area contributed by atoms with Crippen LogP contribution >= 0.6 is 22.7 Å². The lowest BCUT2D eigenvalue weighted by atomic mass is 10.2. The second kappa shape index (κ2) is 6.51. The highest BCUT2D eigenvalue weighted by molar-refractivity contribution is 7.20. The summed E-state index contributed by atoms with van der Waals surface area (Å²) in [6.45, 7) is 4.16. The highest BCUT2D eigenvalue weighted by Crippen LogP contribution is 2.26. The number of amides is 1. The van der Waals surface area contributed by atoms with Gasteiger partial charge in [-0.15, -0.1) is 22.7 Å². The van der Waals surface area contributed by atoms with Crippen LogP contribution in [-0.2, 0) is 6.54 Å². The molecular weight excluding hydrogens is 340 g/mol. The van der Waals surface area contributed by atoms with E-state index in [2.05, 4.69) is 22.0 Å². The fraction of sp³-hybridized carbons (Fsp3) is 0.294. The van der Waals surface area contributed by atoms with Crippen molar-refractivity contribution in [2.75, 3.05) is 31.9 Å². The van der Waals surface area contributed by atoms with Gasteiger partial charge >= 0.3 is 0 Å².